The lowest BCUT2D eigenvalue weighted by atomic mass is 10.0. The van der Waals surface area contributed by atoms with E-state index in [-0.39, 0.29) is 0 Å². The van der Waals surface area contributed by atoms with Crippen molar-refractivity contribution in [2.24, 2.45) is 0 Å². The fraction of sp³-hybridized carbons (Fsp3) is 0.211. The molecule has 25 heavy (non-hydrogen) atoms. The average Bonchev–Trinajstić information content (AvgIpc) is 3.15. The molecule has 0 saturated heterocycles. The Hall–Kier alpha value is -3.15. The summed E-state index contributed by atoms with van der Waals surface area (Å²) in [5.74, 6) is 1.33. The van der Waals surface area contributed by atoms with E-state index in [9.17, 15) is 0 Å². The molecule has 4 rings (SSSR count). The van der Waals surface area contributed by atoms with E-state index in [2.05, 4.69) is 21.2 Å². The van der Waals surface area contributed by atoms with Gasteiger partial charge < -0.3 is 14.2 Å². The Kier molecular flexibility index (Phi) is 3.53. The second kappa shape index (κ2) is 5.73. The summed E-state index contributed by atoms with van der Waals surface area (Å²) in [6, 6.07) is 7.94. The number of nitrogens with one attached hydrogen (secondary N) is 1. The van der Waals surface area contributed by atoms with E-state index in [1.54, 1.807) is 13.3 Å². The number of aryl methyl sites for hydroxylation is 3. The Morgan fingerprint density at radius 3 is 2.60 bits per heavy atom. The molecule has 6 heteroatoms. The van der Waals surface area contributed by atoms with Crippen LogP contribution >= 0.6 is 0 Å². The van der Waals surface area contributed by atoms with Gasteiger partial charge in [-0.3, -0.25) is 0 Å². The number of pyridine rings is 2. The number of hydrogen-bond acceptors (Lipinski definition) is 5. The molecule has 0 bridgehead atoms. The molecule has 0 spiro atoms. The van der Waals surface area contributed by atoms with Crippen LogP contribution in [-0.2, 0) is 0 Å². The molecule has 0 amide bonds. The summed E-state index contributed by atoms with van der Waals surface area (Å²) < 4.78 is 10.5. The minimum absolute atomic E-state index is 0.576. The summed E-state index contributed by atoms with van der Waals surface area (Å²) >= 11 is 0. The molecule has 0 saturated carbocycles. The van der Waals surface area contributed by atoms with Crippen LogP contribution in [0.3, 0.4) is 0 Å². The predicted octanol–water partition coefficient (Wildman–Crippen LogP) is 4.21. The molecule has 4 heterocycles. The summed E-state index contributed by atoms with van der Waals surface area (Å²) in [6.45, 7) is 5.85. The maximum absolute atomic E-state index is 5.31. The standard InChI is InChI=1S/C19H18N4O2/c1-10-7-14-15(21-10)8-16(18-11(2)23-25-12(18)3)22-19(14)13-5-6-17(24-4)20-9-13/h5-9,21H,1-4H3. The van der Waals surface area contributed by atoms with Gasteiger partial charge in [0.05, 0.1) is 29.8 Å². The van der Waals surface area contributed by atoms with E-state index in [0.29, 0.717) is 5.88 Å². The van der Waals surface area contributed by atoms with Crippen LogP contribution in [0.15, 0.2) is 35.0 Å². The zero-order valence-electron chi connectivity index (χ0n) is 14.5. The summed E-state index contributed by atoms with van der Waals surface area (Å²) in [5.41, 5.74) is 6.48. The van der Waals surface area contributed by atoms with Gasteiger partial charge in [0.1, 0.15) is 5.76 Å². The normalized spacial score (nSPS) is 11.2. The molecule has 0 unspecified atom stereocenters. The van der Waals surface area contributed by atoms with Gasteiger partial charge in [0.2, 0.25) is 5.88 Å². The molecular weight excluding hydrogens is 316 g/mol. The van der Waals surface area contributed by atoms with Gasteiger partial charge in [-0.05, 0) is 39.0 Å². The lowest BCUT2D eigenvalue weighted by Gasteiger charge is -2.08. The third kappa shape index (κ3) is 2.55. The van der Waals surface area contributed by atoms with Crippen molar-refractivity contribution >= 4 is 10.9 Å². The molecule has 1 N–H and O–H groups in total. The summed E-state index contributed by atoms with van der Waals surface area (Å²) in [4.78, 5) is 12.6. The number of methoxy groups -OCH3 is 1. The first kappa shape index (κ1) is 15.4. The highest BCUT2D eigenvalue weighted by Crippen LogP contribution is 2.33. The van der Waals surface area contributed by atoms with E-state index >= 15 is 0 Å². The number of aromatic amines is 1. The van der Waals surface area contributed by atoms with Crippen LogP contribution in [0.4, 0.5) is 0 Å². The number of aromatic nitrogens is 4. The van der Waals surface area contributed by atoms with Crippen LogP contribution in [0.5, 0.6) is 5.88 Å². The molecule has 6 nitrogen and oxygen atoms in total. The number of ether oxygens (including phenoxy) is 1. The van der Waals surface area contributed by atoms with Gasteiger partial charge >= 0.3 is 0 Å². The first-order valence-electron chi connectivity index (χ1n) is 8.01. The Morgan fingerprint density at radius 1 is 1.12 bits per heavy atom. The second-order valence-corrected chi connectivity index (χ2v) is 6.06. The van der Waals surface area contributed by atoms with Crippen LogP contribution in [-0.4, -0.2) is 27.2 Å². The molecule has 4 aromatic heterocycles. The molecule has 126 valence electrons. The minimum Gasteiger partial charge on any atom is -0.481 e. The molecule has 0 aliphatic carbocycles. The van der Waals surface area contributed by atoms with Gasteiger partial charge in [0, 0.05) is 34.4 Å². The smallest absolute Gasteiger partial charge is 0.212 e. The quantitative estimate of drug-likeness (QED) is 0.607. The lowest BCUT2D eigenvalue weighted by Crippen LogP contribution is -1.93. The van der Waals surface area contributed by atoms with Crippen LogP contribution in [0.25, 0.3) is 33.4 Å². The molecule has 0 aromatic carbocycles. The van der Waals surface area contributed by atoms with Crippen LogP contribution in [0, 0.1) is 20.8 Å². The fourth-order valence-corrected chi connectivity index (χ4v) is 3.11. The van der Waals surface area contributed by atoms with Crippen LogP contribution in [0.2, 0.25) is 0 Å². The van der Waals surface area contributed by atoms with E-state index in [1.165, 1.54) is 0 Å². The SMILES string of the molecule is COc1ccc(-c2nc(-c3c(C)noc3C)cc3[nH]c(C)cc23)cn1. The number of fused-ring (bicyclic) bond motifs is 1. The molecule has 0 atom stereocenters. The van der Waals surface area contributed by atoms with Crippen molar-refractivity contribution in [3.05, 3.63) is 47.6 Å². The number of H-pyrrole nitrogens is 1. The zero-order chi connectivity index (χ0) is 17.6. The second-order valence-electron chi connectivity index (χ2n) is 6.06. The van der Waals surface area contributed by atoms with E-state index in [4.69, 9.17) is 14.2 Å². The summed E-state index contributed by atoms with van der Waals surface area (Å²) in [5, 5.41) is 5.10. The van der Waals surface area contributed by atoms with Crippen molar-refractivity contribution < 1.29 is 9.26 Å². The molecule has 0 aliphatic heterocycles. The number of nitrogens with zero attached hydrogens (tertiary/aromatic N) is 3. The third-order valence-electron chi connectivity index (χ3n) is 4.26. The monoisotopic (exact) mass is 334 g/mol. The van der Waals surface area contributed by atoms with Gasteiger partial charge in [-0.25, -0.2) is 9.97 Å². The molecule has 0 aliphatic rings. The molecule has 4 aromatic rings. The topological polar surface area (TPSA) is 76.8 Å². The zero-order valence-corrected chi connectivity index (χ0v) is 14.5. The van der Waals surface area contributed by atoms with Crippen LogP contribution in [0.1, 0.15) is 17.1 Å². The van der Waals surface area contributed by atoms with Crippen molar-refractivity contribution in [3.63, 3.8) is 0 Å². The van der Waals surface area contributed by atoms with Crippen molar-refractivity contribution in [3.8, 4) is 28.4 Å². The van der Waals surface area contributed by atoms with Crippen LogP contribution < -0.4 is 4.74 Å². The Morgan fingerprint density at radius 2 is 1.96 bits per heavy atom. The number of rotatable bonds is 3. The van der Waals surface area contributed by atoms with Gasteiger partial charge in [0.15, 0.2) is 0 Å². The van der Waals surface area contributed by atoms with Crippen molar-refractivity contribution in [1.82, 2.24) is 20.1 Å². The van der Waals surface area contributed by atoms with E-state index in [0.717, 1.165) is 50.6 Å². The lowest BCUT2D eigenvalue weighted by molar-refractivity contribution is 0.393. The molecule has 0 radical (unpaired) electrons. The Balaban J connectivity index is 1.98. The number of hydrogen-bond donors (Lipinski definition) is 1. The highest BCUT2D eigenvalue weighted by Gasteiger charge is 2.17. The average molecular weight is 334 g/mol. The van der Waals surface area contributed by atoms with Crippen molar-refractivity contribution in [2.45, 2.75) is 20.8 Å². The predicted molar refractivity (Wildman–Crippen MR) is 95.6 cm³/mol. The van der Waals surface area contributed by atoms with Crippen molar-refractivity contribution in [2.75, 3.05) is 7.11 Å². The third-order valence-corrected chi connectivity index (χ3v) is 4.26. The highest BCUT2D eigenvalue weighted by atomic mass is 16.5. The Bertz CT molecular complexity index is 1040. The van der Waals surface area contributed by atoms with Crippen molar-refractivity contribution in [1.29, 1.82) is 0 Å². The maximum atomic E-state index is 5.31. The summed E-state index contributed by atoms with van der Waals surface area (Å²) in [7, 11) is 1.60. The van der Waals surface area contributed by atoms with E-state index in [1.807, 2.05) is 39.0 Å². The Labute approximate surface area is 144 Å². The fourth-order valence-electron chi connectivity index (χ4n) is 3.11. The van der Waals surface area contributed by atoms with E-state index < -0.39 is 0 Å². The first-order valence-corrected chi connectivity index (χ1v) is 8.01. The van der Waals surface area contributed by atoms with Gasteiger partial charge in [-0.2, -0.15) is 0 Å². The van der Waals surface area contributed by atoms with Gasteiger partial charge in [0.25, 0.3) is 0 Å². The maximum Gasteiger partial charge on any atom is 0.212 e. The van der Waals surface area contributed by atoms with Gasteiger partial charge in [-0.1, -0.05) is 5.16 Å². The minimum atomic E-state index is 0.576. The molecular formula is C19H18N4O2. The highest BCUT2D eigenvalue weighted by molar-refractivity contribution is 5.96. The largest absolute Gasteiger partial charge is 0.481 e. The first-order chi connectivity index (χ1) is 12.1. The summed E-state index contributed by atoms with van der Waals surface area (Å²) in [6.07, 6.45) is 1.78. The van der Waals surface area contributed by atoms with Gasteiger partial charge in [-0.15, -0.1) is 0 Å². The molecule has 0 fully saturated rings.